The fourth-order valence-corrected chi connectivity index (χ4v) is 4.75. The van der Waals surface area contributed by atoms with Crippen molar-refractivity contribution in [3.8, 4) is 0 Å². The summed E-state index contributed by atoms with van der Waals surface area (Å²) < 4.78 is 14.2. The SMILES string of the molecule is Cc1ccc(C[C@H](NC(=O)c2sc3cc(F)ccc3c2Cl)c2ccccc2)cc1. The predicted molar refractivity (Wildman–Crippen MR) is 118 cm³/mol. The summed E-state index contributed by atoms with van der Waals surface area (Å²) in [6.07, 6.45) is 0.660. The molecule has 0 unspecified atom stereocenters. The normalized spacial score (nSPS) is 12.1. The van der Waals surface area contributed by atoms with E-state index in [1.807, 2.05) is 37.3 Å². The molecule has 1 amide bonds. The van der Waals surface area contributed by atoms with Gasteiger partial charge >= 0.3 is 0 Å². The van der Waals surface area contributed by atoms with Crippen molar-refractivity contribution in [2.24, 2.45) is 0 Å². The largest absolute Gasteiger partial charge is 0.344 e. The van der Waals surface area contributed by atoms with Crippen LogP contribution in [0.25, 0.3) is 10.1 Å². The van der Waals surface area contributed by atoms with Crippen molar-refractivity contribution in [2.45, 2.75) is 19.4 Å². The lowest BCUT2D eigenvalue weighted by atomic mass is 9.98. The lowest BCUT2D eigenvalue weighted by Crippen LogP contribution is -2.29. The average Bonchev–Trinajstić information content (AvgIpc) is 3.05. The average molecular weight is 424 g/mol. The molecule has 29 heavy (non-hydrogen) atoms. The minimum Gasteiger partial charge on any atom is -0.344 e. The third-order valence-electron chi connectivity index (χ3n) is 4.87. The number of amides is 1. The lowest BCUT2D eigenvalue weighted by molar-refractivity contribution is 0.0941. The first kappa shape index (κ1) is 19.6. The van der Waals surface area contributed by atoms with E-state index in [4.69, 9.17) is 11.6 Å². The van der Waals surface area contributed by atoms with Crippen LogP contribution in [0.4, 0.5) is 4.39 Å². The zero-order valence-corrected chi connectivity index (χ0v) is 17.4. The van der Waals surface area contributed by atoms with Crippen LogP contribution in [-0.2, 0) is 6.42 Å². The molecule has 1 atom stereocenters. The second-order valence-corrected chi connectivity index (χ2v) is 8.44. The summed E-state index contributed by atoms with van der Waals surface area (Å²) in [5, 5.41) is 4.18. The molecule has 0 aliphatic heterocycles. The Bertz CT molecular complexity index is 1150. The number of fused-ring (bicyclic) bond motifs is 1. The molecule has 0 saturated heterocycles. The van der Waals surface area contributed by atoms with Gasteiger partial charge in [-0.2, -0.15) is 0 Å². The molecular formula is C24H19ClFNOS. The molecule has 4 rings (SSSR count). The smallest absolute Gasteiger partial charge is 0.263 e. The third kappa shape index (κ3) is 4.34. The summed E-state index contributed by atoms with van der Waals surface area (Å²) in [5.74, 6) is -0.596. The summed E-state index contributed by atoms with van der Waals surface area (Å²) in [6, 6.07) is 22.3. The number of carbonyl (C=O) groups is 1. The zero-order chi connectivity index (χ0) is 20.4. The highest BCUT2D eigenvalue weighted by atomic mass is 35.5. The summed E-state index contributed by atoms with van der Waals surface area (Å²) >= 11 is 7.65. The Kier molecular flexibility index (Phi) is 5.65. The minimum absolute atomic E-state index is 0.204. The molecule has 0 aliphatic carbocycles. The summed E-state index contributed by atoms with van der Waals surface area (Å²) in [4.78, 5) is 13.5. The second-order valence-electron chi connectivity index (χ2n) is 7.01. The molecule has 3 aromatic carbocycles. The Balaban J connectivity index is 1.64. The van der Waals surface area contributed by atoms with Crippen LogP contribution >= 0.6 is 22.9 Å². The maximum Gasteiger partial charge on any atom is 0.263 e. The number of hydrogen-bond donors (Lipinski definition) is 1. The van der Waals surface area contributed by atoms with E-state index in [-0.39, 0.29) is 17.8 Å². The molecule has 1 aromatic heterocycles. The Morgan fingerprint density at radius 1 is 1.07 bits per heavy atom. The van der Waals surface area contributed by atoms with E-state index in [0.29, 0.717) is 26.4 Å². The molecule has 0 saturated carbocycles. The maximum atomic E-state index is 13.5. The van der Waals surface area contributed by atoms with Crippen molar-refractivity contribution >= 4 is 38.9 Å². The van der Waals surface area contributed by atoms with Crippen LogP contribution in [-0.4, -0.2) is 5.91 Å². The van der Waals surface area contributed by atoms with Crippen LogP contribution in [0, 0.1) is 12.7 Å². The molecule has 1 N–H and O–H groups in total. The van der Waals surface area contributed by atoms with Crippen LogP contribution in [0.2, 0.25) is 5.02 Å². The molecule has 0 aliphatic rings. The third-order valence-corrected chi connectivity index (χ3v) is 6.52. The van der Waals surface area contributed by atoms with Crippen LogP contribution < -0.4 is 5.32 Å². The number of hydrogen-bond acceptors (Lipinski definition) is 2. The Morgan fingerprint density at radius 2 is 1.79 bits per heavy atom. The molecular weight excluding hydrogens is 405 g/mol. The van der Waals surface area contributed by atoms with E-state index >= 15 is 0 Å². The first-order valence-corrected chi connectivity index (χ1v) is 10.5. The number of aryl methyl sites for hydroxylation is 1. The number of thiophene rings is 1. The van der Waals surface area contributed by atoms with Gasteiger partial charge in [0, 0.05) is 10.1 Å². The quantitative estimate of drug-likeness (QED) is 0.379. The fraction of sp³-hybridized carbons (Fsp3) is 0.125. The molecule has 1 heterocycles. The van der Waals surface area contributed by atoms with Crippen LogP contribution in [0.5, 0.6) is 0 Å². The van der Waals surface area contributed by atoms with E-state index in [1.165, 1.54) is 29.0 Å². The monoisotopic (exact) mass is 423 g/mol. The van der Waals surface area contributed by atoms with Gasteiger partial charge in [-0.25, -0.2) is 4.39 Å². The van der Waals surface area contributed by atoms with E-state index in [9.17, 15) is 9.18 Å². The Hall–Kier alpha value is -2.69. The second kappa shape index (κ2) is 8.36. The van der Waals surface area contributed by atoms with Gasteiger partial charge in [-0.05, 0) is 42.7 Å². The van der Waals surface area contributed by atoms with Gasteiger partial charge in [-0.3, -0.25) is 4.79 Å². The van der Waals surface area contributed by atoms with Gasteiger partial charge in [0.25, 0.3) is 5.91 Å². The first-order valence-electron chi connectivity index (χ1n) is 9.30. The number of carbonyl (C=O) groups excluding carboxylic acids is 1. The molecule has 4 aromatic rings. The van der Waals surface area contributed by atoms with E-state index < -0.39 is 0 Å². The lowest BCUT2D eigenvalue weighted by Gasteiger charge is -2.19. The fourth-order valence-electron chi connectivity index (χ4n) is 3.31. The topological polar surface area (TPSA) is 29.1 Å². The number of nitrogens with one attached hydrogen (secondary N) is 1. The van der Waals surface area contributed by atoms with Crippen molar-refractivity contribution < 1.29 is 9.18 Å². The highest BCUT2D eigenvalue weighted by Gasteiger charge is 2.21. The van der Waals surface area contributed by atoms with Crippen molar-refractivity contribution in [3.63, 3.8) is 0 Å². The summed E-state index contributed by atoms with van der Waals surface area (Å²) in [7, 11) is 0. The van der Waals surface area contributed by atoms with Crippen molar-refractivity contribution in [3.05, 3.63) is 105 Å². The highest BCUT2D eigenvalue weighted by molar-refractivity contribution is 7.21. The predicted octanol–water partition coefficient (Wildman–Crippen LogP) is 6.72. The summed E-state index contributed by atoms with van der Waals surface area (Å²) in [6.45, 7) is 2.05. The number of benzene rings is 3. The van der Waals surface area contributed by atoms with Gasteiger partial charge in [0.15, 0.2) is 0 Å². The number of halogens is 2. The van der Waals surface area contributed by atoms with Gasteiger partial charge in [0.2, 0.25) is 0 Å². The van der Waals surface area contributed by atoms with Crippen LogP contribution in [0.1, 0.15) is 32.4 Å². The molecule has 0 bridgehead atoms. The minimum atomic E-state index is -0.344. The van der Waals surface area contributed by atoms with Gasteiger partial charge in [0.05, 0.1) is 11.1 Å². The summed E-state index contributed by atoms with van der Waals surface area (Å²) in [5.41, 5.74) is 3.34. The van der Waals surface area contributed by atoms with Crippen LogP contribution in [0.3, 0.4) is 0 Å². The first-order chi connectivity index (χ1) is 14.0. The van der Waals surface area contributed by atoms with Gasteiger partial charge in [-0.15, -0.1) is 11.3 Å². The Morgan fingerprint density at radius 3 is 2.52 bits per heavy atom. The molecule has 0 spiro atoms. The molecule has 0 fully saturated rings. The van der Waals surface area contributed by atoms with Gasteiger partial charge in [-0.1, -0.05) is 71.8 Å². The molecule has 0 radical (unpaired) electrons. The van der Waals surface area contributed by atoms with Crippen molar-refractivity contribution in [1.29, 1.82) is 0 Å². The maximum absolute atomic E-state index is 13.5. The van der Waals surface area contributed by atoms with Gasteiger partial charge in [0.1, 0.15) is 10.7 Å². The molecule has 2 nitrogen and oxygen atoms in total. The van der Waals surface area contributed by atoms with Crippen molar-refractivity contribution in [1.82, 2.24) is 5.32 Å². The van der Waals surface area contributed by atoms with Crippen molar-refractivity contribution in [2.75, 3.05) is 0 Å². The highest BCUT2D eigenvalue weighted by Crippen LogP contribution is 2.36. The zero-order valence-electron chi connectivity index (χ0n) is 15.8. The van der Waals surface area contributed by atoms with Crippen LogP contribution in [0.15, 0.2) is 72.8 Å². The molecule has 146 valence electrons. The Labute approximate surface area is 178 Å². The standard InChI is InChI=1S/C24H19ClFNOS/c1-15-7-9-16(10-8-15)13-20(17-5-3-2-4-6-17)27-24(28)23-22(25)19-12-11-18(26)14-21(19)29-23/h2-12,14,20H,13H2,1H3,(H,27,28)/t20-/m0/s1. The molecule has 5 heteroatoms. The van der Waals surface area contributed by atoms with E-state index in [2.05, 4.69) is 29.6 Å². The van der Waals surface area contributed by atoms with Gasteiger partial charge < -0.3 is 5.32 Å². The van der Waals surface area contributed by atoms with E-state index in [0.717, 1.165) is 11.1 Å². The van der Waals surface area contributed by atoms with E-state index in [1.54, 1.807) is 6.07 Å². The number of rotatable bonds is 5.